The maximum atomic E-state index is 12.6. The summed E-state index contributed by atoms with van der Waals surface area (Å²) in [5, 5.41) is 23.5. The third-order valence-electron chi connectivity index (χ3n) is 4.65. The van der Waals surface area contributed by atoms with Gasteiger partial charge in [0, 0.05) is 29.2 Å². The Morgan fingerprint density at radius 3 is 2.48 bits per heavy atom. The zero-order valence-corrected chi connectivity index (χ0v) is 18.0. The van der Waals surface area contributed by atoms with Crippen LogP contribution in [0.25, 0.3) is 11.8 Å². The van der Waals surface area contributed by atoms with E-state index in [0.717, 1.165) is 17.1 Å². The molecule has 7 nitrogen and oxygen atoms in total. The number of carbonyl (C=O) groups excluding carboxylic acids is 1. The third kappa shape index (κ3) is 4.61. The molecule has 0 fully saturated rings. The molecule has 1 amide bonds. The number of amides is 1. The van der Waals surface area contributed by atoms with Gasteiger partial charge in [-0.15, -0.1) is 0 Å². The van der Waals surface area contributed by atoms with E-state index in [1.807, 2.05) is 30.6 Å². The van der Waals surface area contributed by atoms with Gasteiger partial charge >= 0.3 is 0 Å². The van der Waals surface area contributed by atoms with E-state index in [-0.39, 0.29) is 21.3 Å². The predicted octanol–water partition coefficient (Wildman–Crippen LogP) is 5.85. The van der Waals surface area contributed by atoms with Crippen molar-refractivity contribution in [2.24, 2.45) is 0 Å². The molecule has 0 saturated carbocycles. The monoisotopic (exact) mass is 454 g/mol. The fourth-order valence-electron chi connectivity index (χ4n) is 3.15. The van der Waals surface area contributed by atoms with Gasteiger partial charge in [-0.3, -0.25) is 14.9 Å². The molecule has 0 aliphatic carbocycles. The Morgan fingerprint density at radius 2 is 1.87 bits per heavy atom. The minimum absolute atomic E-state index is 0.00514. The zero-order valence-electron chi connectivity index (χ0n) is 16.5. The van der Waals surface area contributed by atoms with E-state index in [9.17, 15) is 20.2 Å². The fraction of sp³-hybridized carbons (Fsp3) is 0.0909. The van der Waals surface area contributed by atoms with E-state index < -0.39 is 10.8 Å². The zero-order chi connectivity index (χ0) is 22.7. The molecule has 2 aromatic carbocycles. The van der Waals surface area contributed by atoms with Gasteiger partial charge in [0.2, 0.25) is 0 Å². The molecule has 0 radical (unpaired) electrons. The Morgan fingerprint density at radius 1 is 1.19 bits per heavy atom. The van der Waals surface area contributed by atoms with Crippen LogP contribution in [0.15, 0.2) is 54.1 Å². The van der Waals surface area contributed by atoms with Crippen LogP contribution < -0.4 is 5.32 Å². The van der Waals surface area contributed by atoms with Gasteiger partial charge in [0.1, 0.15) is 11.6 Å². The molecule has 9 heteroatoms. The maximum absolute atomic E-state index is 12.6. The van der Waals surface area contributed by atoms with Gasteiger partial charge in [0.15, 0.2) is 0 Å². The summed E-state index contributed by atoms with van der Waals surface area (Å²) in [6, 6.07) is 14.7. The smallest absolute Gasteiger partial charge is 0.269 e. The van der Waals surface area contributed by atoms with Gasteiger partial charge in [-0.25, -0.2) is 0 Å². The number of aromatic nitrogens is 1. The molecule has 1 N–H and O–H groups in total. The Labute approximate surface area is 188 Å². The molecule has 0 saturated heterocycles. The van der Waals surface area contributed by atoms with E-state index in [1.165, 1.54) is 18.2 Å². The number of carbonyl (C=O) groups is 1. The number of non-ortho nitro benzene ring substituents is 1. The number of nitro groups is 1. The Hall–Kier alpha value is -3.60. The van der Waals surface area contributed by atoms with Crippen LogP contribution in [0, 0.1) is 35.3 Å². The molecule has 156 valence electrons. The first-order valence-corrected chi connectivity index (χ1v) is 9.79. The van der Waals surface area contributed by atoms with Crippen LogP contribution >= 0.6 is 23.2 Å². The first kappa shape index (κ1) is 22.1. The molecule has 0 atom stereocenters. The van der Waals surface area contributed by atoms with Gasteiger partial charge in [-0.1, -0.05) is 29.3 Å². The first-order chi connectivity index (χ1) is 14.7. The number of hydrogen-bond acceptors (Lipinski definition) is 4. The van der Waals surface area contributed by atoms with E-state index in [4.69, 9.17) is 23.2 Å². The van der Waals surface area contributed by atoms with E-state index >= 15 is 0 Å². The number of hydrogen-bond donors (Lipinski definition) is 1. The first-order valence-electron chi connectivity index (χ1n) is 9.04. The highest BCUT2D eigenvalue weighted by molar-refractivity contribution is 6.44. The second kappa shape index (κ2) is 9.04. The Kier molecular flexibility index (Phi) is 6.44. The van der Waals surface area contributed by atoms with Crippen molar-refractivity contribution < 1.29 is 9.72 Å². The van der Waals surface area contributed by atoms with Crippen LogP contribution in [0.4, 0.5) is 11.4 Å². The molecule has 3 rings (SSSR count). The summed E-state index contributed by atoms with van der Waals surface area (Å²) in [6.07, 6.45) is 1.48. The molecule has 0 aliphatic heterocycles. The predicted molar refractivity (Wildman–Crippen MR) is 121 cm³/mol. The molecule has 3 aromatic rings. The summed E-state index contributed by atoms with van der Waals surface area (Å²) in [5.41, 5.74) is 3.20. The van der Waals surface area contributed by atoms with E-state index in [2.05, 4.69) is 5.32 Å². The summed E-state index contributed by atoms with van der Waals surface area (Å²) in [6.45, 7) is 3.70. The molecule has 1 heterocycles. The maximum Gasteiger partial charge on any atom is 0.269 e. The second-order valence-electron chi connectivity index (χ2n) is 6.66. The van der Waals surface area contributed by atoms with Crippen molar-refractivity contribution in [3.05, 3.63) is 91.2 Å². The van der Waals surface area contributed by atoms with Gasteiger partial charge in [0.25, 0.3) is 11.6 Å². The van der Waals surface area contributed by atoms with Crippen molar-refractivity contribution in [3.63, 3.8) is 0 Å². The third-order valence-corrected chi connectivity index (χ3v) is 5.47. The van der Waals surface area contributed by atoms with Crippen LogP contribution in [-0.2, 0) is 4.79 Å². The van der Waals surface area contributed by atoms with Crippen LogP contribution in [0.5, 0.6) is 0 Å². The van der Waals surface area contributed by atoms with Crippen molar-refractivity contribution in [1.82, 2.24) is 4.57 Å². The molecular weight excluding hydrogens is 439 g/mol. The number of rotatable bonds is 5. The van der Waals surface area contributed by atoms with E-state index in [1.54, 1.807) is 30.3 Å². The quantitative estimate of drug-likeness (QED) is 0.226. The average Bonchev–Trinajstić information content (AvgIpc) is 3.02. The molecule has 31 heavy (non-hydrogen) atoms. The molecule has 1 aromatic heterocycles. The highest BCUT2D eigenvalue weighted by Gasteiger charge is 2.16. The molecule has 0 unspecified atom stereocenters. The minimum Gasteiger partial charge on any atom is -0.320 e. The van der Waals surface area contributed by atoms with Crippen molar-refractivity contribution in [1.29, 1.82) is 5.26 Å². The van der Waals surface area contributed by atoms with Crippen LogP contribution in [-0.4, -0.2) is 15.4 Å². The summed E-state index contributed by atoms with van der Waals surface area (Å²) in [5.74, 6) is -0.619. The largest absolute Gasteiger partial charge is 0.320 e. The van der Waals surface area contributed by atoms with E-state index in [0.29, 0.717) is 11.3 Å². The van der Waals surface area contributed by atoms with Crippen LogP contribution in [0.3, 0.4) is 0 Å². The number of aryl methyl sites for hydroxylation is 1. The molecule has 0 bridgehead atoms. The summed E-state index contributed by atoms with van der Waals surface area (Å²) in [7, 11) is 0. The van der Waals surface area contributed by atoms with Crippen molar-refractivity contribution in [2.45, 2.75) is 13.8 Å². The number of nitriles is 1. The van der Waals surface area contributed by atoms with Crippen molar-refractivity contribution in [3.8, 4) is 11.8 Å². The fourth-order valence-corrected chi connectivity index (χ4v) is 3.50. The molecule has 0 spiro atoms. The highest BCUT2D eigenvalue weighted by atomic mass is 35.5. The Balaban J connectivity index is 1.94. The van der Waals surface area contributed by atoms with Crippen LogP contribution in [0.2, 0.25) is 10.0 Å². The second-order valence-corrected chi connectivity index (χ2v) is 7.45. The summed E-state index contributed by atoms with van der Waals surface area (Å²) < 4.78 is 1.89. The molecular formula is C22H16Cl2N4O3. The number of nitro benzene ring substituents is 1. The average molecular weight is 455 g/mol. The van der Waals surface area contributed by atoms with Gasteiger partial charge in [0.05, 0.1) is 20.7 Å². The number of nitrogens with one attached hydrogen (secondary N) is 1. The number of anilines is 1. The lowest BCUT2D eigenvalue weighted by molar-refractivity contribution is -0.384. The minimum atomic E-state index is -0.619. The lowest BCUT2D eigenvalue weighted by atomic mass is 10.1. The number of halogens is 2. The highest BCUT2D eigenvalue weighted by Crippen LogP contribution is 2.30. The van der Waals surface area contributed by atoms with Gasteiger partial charge < -0.3 is 9.88 Å². The Bertz CT molecular complexity index is 1250. The lowest BCUT2D eigenvalue weighted by Crippen LogP contribution is -2.13. The topological polar surface area (TPSA) is 101 Å². The van der Waals surface area contributed by atoms with Gasteiger partial charge in [-0.05, 0) is 55.8 Å². The summed E-state index contributed by atoms with van der Waals surface area (Å²) >= 11 is 12.1. The molecule has 0 aliphatic rings. The van der Waals surface area contributed by atoms with Crippen molar-refractivity contribution >= 4 is 46.6 Å². The number of nitrogens with zero attached hydrogens (tertiary/aromatic N) is 3. The van der Waals surface area contributed by atoms with Crippen LogP contribution in [0.1, 0.15) is 17.0 Å². The van der Waals surface area contributed by atoms with Crippen molar-refractivity contribution in [2.75, 3.05) is 5.32 Å². The summed E-state index contributed by atoms with van der Waals surface area (Å²) in [4.78, 5) is 23.0. The normalized spacial score (nSPS) is 11.1. The SMILES string of the molecule is Cc1cc(/C=C(\C#N)C(=O)Nc2cccc(Cl)c2Cl)c(C)n1-c1ccc([N+](=O)[O-])cc1. The number of benzene rings is 2. The van der Waals surface area contributed by atoms with Gasteiger partial charge in [-0.2, -0.15) is 5.26 Å². The standard InChI is InChI=1S/C22H16Cl2N4O3/c1-13-10-15(14(2)27(13)17-6-8-18(9-7-17)28(30)31)11-16(12-25)22(29)26-20-5-3-4-19(23)21(20)24/h3-11H,1-2H3,(H,26,29)/b16-11+. The lowest BCUT2D eigenvalue weighted by Gasteiger charge is -2.09.